The molecule has 0 aliphatic carbocycles. The van der Waals surface area contributed by atoms with Gasteiger partial charge in [-0.2, -0.15) is 0 Å². The molecule has 1 saturated heterocycles. The minimum Gasteiger partial charge on any atom is -0.503 e. The van der Waals surface area contributed by atoms with Gasteiger partial charge in [-0.25, -0.2) is 0 Å². The van der Waals surface area contributed by atoms with E-state index >= 15 is 0 Å². The molecule has 1 aromatic carbocycles. The molecule has 1 aromatic rings. The second-order valence-electron chi connectivity index (χ2n) is 4.86. The van der Waals surface area contributed by atoms with E-state index in [0.29, 0.717) is 25.3 Å². The molecule has 0 amide bonds. The topological polar surface area (TPSA) is 49.8 Å². The Labute approximate surface area is 123 Å². The first kappa shape index (κ1) is 14.9. The number of aromatic hydroxyl groups is 1. The van der Waals surface area contributed by atoms with Gasteiger partial charge in [0.25, 0.3) is 0 Å². The number of phenolic OH excluding ortho intramolecular Hbond substituents is 1. The Bertz CT molecular complexity index is 554. The number of ether oxygens (including phenoxy) is 1. The number of ketones is 1. The van der Waals surface area contributed by atoms with E-state index in [1.54, 1.807) is 12.1 Å². The highest BCUT2D eigenvalue weighted by molar-refractivity contribution is 6.32. The molecule has 5 heteroatoms. The summed E-state index contributed by atoms with van der Waals surface area (Å²) in [4.78, 5) is 14.0. The number of piperidine rings is 1. The standard InChI is InChI=1S/C15H18ClNO3/c1-3-20-14-8-10(7-12(16)15(14)19)6-11-9-17(2)5-4-13(11)18/h6-8,19H,3-5,9H2,1-2H3/b11-6+. The maximum absolute atomic E-state index is 11.9. The number of hydrogen-bond acceptors (Lipinski definition) is 4. The Balaban J connectivity index is 2.35. The highest BCUT2D eigenvalue weighted by atomic mass is 35.5. The molecule has 1 fully saturated rings. The van der Waals surface area contributed by atoms with Crippen molar-refractivity contribution in [1.29, 1.82) is 0 Å². The highest BCUT2D eigenvalue weighted by Gasteiger charge is 2.19. The first-order valence-electron chi connectivity index (χ1n) is 6.59. The quantitative estimate of drug-likeness (QED) is 0.871. The van der Waals surface area contributed by atoms with E-state index in [1.807, 2.05) is 20.0 Å². The zero-order valence-corrected chi connectivity index (χ0v) is 12.4. The molecular weight excluding hydrogens is 278 g/mol. The number of phenols is 1. The molecular formula is C15H18ClNO3. The monoisotopic (exact) mass is 295 g/mol. The molecule has 1 aliphatic heterocycles. The molecule has 1 N–H and O–H groups in total. The van der Waals surface area contributed by atoms with E-state index in [-0.39, 0.29) is 16.6 Å². The van der Waals surface area contributed by atoms with Crippen LogP contribution < -0.4 is 4.74 Å². The maximum atomic E-state index is 11.9. The molecule has 0 bridgehead atoms. The fraction of sp³-hybridized carbons (Fsp3) is 0.400. The molecule has 0 radical (unpaired) electrons. The molecule has 108 valence electrons. The Morgan fingerprint density at radius 1 is 1.50 bits per heavy atom. The molecule has 0 spiro atoms. The number of halogens is 1. The van der Waals surface area contributed by atoms with Crippen LogP contribution in [0.4, 0.5) is 0 Å². The van der Waals surface area contributed by atoms with Crippen LogP contribution in [0.15, 0.2) is 17.7 Å². The van der Waals surface area contributed by atoms with Crippen molar-refractivity contribution in [3.8, 4) is 11.5 Å². The van der Waals surface area contributed by atoms with Gasteiger partial charge in [0.05, 0.1) is 11.6 Å². The van der Waals surface area contributed by atoms with E-state index in [0.717, 1.165) is 17.7 Å². The SMILES string of the molecule is CCOc1cc(/C=C2\CN(C)CCC2=O)cc(Cl)c1O. The molecule has 4 nitrogen and oxygen atoms in total. The summed E-state index contributed by atoms with van der Waals surface area (Å²) in [6, 6.07) is 3.33. The fourth-order valence-electron chi connectivity index (χ4n) is 2.18. The third-order valence-electron chi connectivity index (χ3n) is 3.21. The van der Waals surface area contributed by atoms with E-state index in [1.165, 1.54) is 0 Å². The first-order chi connectivity index (χ1) is 9.51. The number of likely N-dealkylation sites (tertiary alicyclic amines) is 1. The number of benzene rings is 1. The number of carbonyl (C=O) groups excluding carboxylic acids is 1. The number of Topliss-reactive ketones (excluding diaryl/α,β-unsaturated/α-hetero) is 1. The van der Waals surface area contributed by atoms with Gasteiger partial charge in [0.2, 0.25) is 0 Å². The van der Waals surface area contributed by atoms with Crippen LogP contribution in [0.25, 0.3) is 6.08 Å². The lowest BCUT2D eigenvalue weighted by atomic mass is 10.0. The van der Waals surface area contributed by atoms with Gasteiger partial charge in [-0.05, 0) is 37.7 Å². The second kappa shape index (κ2) is 6.29. The summed E-state index contributed by atoms with van der Waals surface area (Å²) in [6.45, 7) is 3.68. The predicted octanol–water partition coefficient (Wildman–Crippen LogP) is 2.73. The largest absolute Gasteiger partial charge is 0.503 e. The molecule has 1 heterocycles. The summed E-state index contributed by atoms with van der Waals surface area (Å²) in [7, 11) is 1.98. The van der Waals surface area contributed by atoms with E-state index in [2.05, 4.69) is 4.90 Å². The maximum Gasteiger partial charge on any atom is 0.176 e. The van der Waals surface area contributed by atoms with Crippen LogP contribution in [-0.4, -0.2) is 42.5 Å². The van der Waals surface area contributed by atoms with Crippen molar-refractivity contribution in [3.63, 3.8) is 0 Å². The molecule has 0 aromatic heterocycles. The van der Waals surface area contributed by atoms with Gasteiger partial charge in [0.1, 0.15) is 0 Å². The average Bonchev–Trinajstić information content (AvgIpc) is 2.40. The Hall–Kier alpha value is -1.52. The van der Waals surface area contributed by atoms with Crippen molar-refractivity contribution in [2.45, 2.75) is 13.3 Å². The van der Waals surface area contributed by atoms with Crippen molar-refractivity contribution in [2.24, 2.45) is 0 Å². The number of likely N-dealkylation sites (N-methyl/N-ethyl adjacent to an activating group) is 1. The molecule has 20 heavy (non-hydrogen) atoms. The molecule has 2 rings (SSSR count). The minimum absolute atomic E-state index is 0.0669. The number of nitrogens with zero attached hydrogens (tertiary/aromatic N) is 1. The Morgan fingerprint density at radius 2 is 2.25 bits per heavy atom. The summed E-state index contributed by atoms with van der Waals surface area (Å²) < 4.78 is 5.34. The molecule has 0 saturated carbocycles. The fourth-order valence-corrected chi connectivity index (χ4v) is 2.40. The van der Waals surface area contributed by atoms with Gasteiger partial charge >= 0.3 is 0 Å². The lowest BCUT2D eigenvalue weighted by molar-refractivity contribution is -0.117. The van der Waals surface area contributed by atoms with Crippen LogP contribution >= 0.6 is 11.6 Å². The summed E-state index contributed by atoms with van der Waals surface area (Å²) in [5.74, 6) is 0.427. The lowest BCUT2D eigenvalue weighted by Crippen LogP contribution is -2.32. The van der Waals surface area contributed by atoms with Gasteiger partial charge < -0.3 is 14.7 Å². The Morgan fingerprint density at radius 3 is 2.95 bits per heavy atom. The van der Waals surface area contributed by atoms with Gasteiger partial charge in [0.15, 0.2) is 17.3 Å². The van der Waals surface area contributed by atoms with Crippen molar-refractivity contribution in [2.75, 3.05) is 26.7 Å². The van der Waals surface area contributed by atoms with Crippen LogP contribution in [0.5, 0.6) is 11.5 Å². The lowest BCUT2D eigenvalue weighted by Gasteiger charge is -2.23. The Kier molecular flexibility index (Phi) is 4.68. The molecule has 0 unspecified atom stereocenters. The van der Waals surface area contributed by atoms with Crippen molar-refractivity contribution < 1.29 is 14.6 Å². The van der Waals surface area contributed by atoms with Gasteiger partial charge in [0, 0.05) is 25.1 Å². The van der Waals surface area contributed by atoms with Crippen LogP contribution in [0.2, 0.25) is 5.02 Å². The third kappa shape index (κ3) is 3.32. The smallest absolute Gasteiger partial charge is 0.176 e. The van der Waals surface area contributed by atoms with Gasteiger partial charge in [-0.15, -0.1) is 0 Å². The van der Waals surface area contributed by atoms with Crippen molar-refractivity contribution >= 4 is 23.5 Å². The third-order valence-corrected chi connectivity index (χ3v) is 3.50. The molecule has 0 atom stereocenters. The predicted molar refractivity (Wildman–Crippen MR) is 79.4 cm³/mol. The van der Waals surface area contributed by atoms with Crippen LogP contribution in [0.3, 0.4) is 0 Å². The van der Waals surface area contributed by atoms with Crippen molar-refractivity contribution in [1.82, 2.24) is 4.90 Å². The van der Waals surface area contributed by atoms with Crippen LogP contribution in [0, 0.1) is 0 Å². The summed E-state index contributed by atoms with van der Waals surface area (Å²) >= 11 is 5.98. The van der Waals surface area contributed by atoms with Crippen LogP contribution in [0.1, 0.15) is 18.9 Å². The van der Waals surface area contributed by atoms with Gasteiger partial charge in [-0.1, -0.05) is 11.6 Å². The van der Waals surface area contributed by atoms with E-state index < -0.39 is 0 Å². The van der Waals surface area contributed by atoms with E-state index in [4.69, 9.17) is 16.3 Å². The summed E-state index contributed by atoms with van der Waals surface area (Å²) in [5.41, 5.74) is 1.51. The zero-order chi connectivity index (χ0) is 14.7. The summed E-state index contributed by atoms with van der Waals surface area (Å²) in [6.07, 6.45) is 2.35. The van der Waals surface area contributed by atoms with E-state index in [9.17, 15) is 9.90 Å². The normalized spacial score (nSPS) is 18.6. The number of carbonyl (C=O) groups is 1. The molecule has 1 aliphatic rings. The van der Waals surface area contributed by atoms with Gasteiger partial charge in [-0.3, -0.25) is 4.79 Å². The number of rotatable bonds is 3. The average molecular weight is 296 g/mol. The highest BCUT2D eigenvalue weighted by Crippen LogP contribution is 2.36. The van der Waals surface area contributed by atoms with Crippen LogP contribution in [-0.2, 0) is 4.79 Å². The van der Waals surface area contributed by atoms with Crippen molar-refractivity contribution in [3.05, 3.63) is 28.3 Å². The summed E-state index contributed by atoms with van der Waals surface area (Å²) in [5, 5.41) is 10.0. The number of hydrogen-bond donors (Lipinski definition) is 1. The zero-order valence-electron chi connectivity index (χ0n) is 11.6. The second-order valence-corrected chi connectivity index (χ2v) is 5.27. The first-order valence-corrected chi connectivity index (χ1v) is 6.96. The minimum atomic E-state index is -0.0669.